The number of β-amino-alcohol motifs (C(OH)–C–C–N with tert-alkyl or cyclic N) is 1. The number of hydrogen-bond acceptors (Lipinski definition) is 4. The fraction of sp³-hybridized carbons (Fsp3) is 0.909. The van der Waals surface area contributed by atoms with E-state index in [0.29, 0.717) is 13.0 Å². The van der Waals surface area contributed by atoms with Gasteiger partial charge in [0.05, 0.1) is 12.1 Å². The lowest BCUT2D eigenvalue weighted by atomic mass is 9.93. The molecule has 0 aromatic carbocycles. The van der Waals surface area contributed by atoms with Crippen LogP contribution in [0.4, 0.5) is 4.79 Å². The van der Waals surface area contributed by atoms with Crippen molar-refractivity contribution >= 4 is 6.09 Å². The number of aliphatic hydroxyl groups is 1. The minimum atomic E-state index is -0.949. The molecule has 0 aromatic heterocycles. The molecule has 0 saturated carbocycles. The van der Waals surface area contributed by atoms with Gasteiger partial charge in [-0.15, -0.1) is 0 Å². The lowest BCUT2D eigenvalue weighted by Gasteiger charge is -2.38. The Bertz CT molecular complexity index is 262. The van der Waals surface area contributed by atoms with Gasteiger partial charge in [0.15, 0.2) is 0 Å². The number of carbonyl (C=O) groups excluding carboxylic acids is 1. The van der Waals surface area contributed by atoms with Gasteiger partial charge in [0, 0.05) is 13.1 Å². The number of hydrogen-bond donors (Lipinski definition) is 2. The van der Waals surface area contributed by atoms with Gasteiger partial charge in [-0.25, -0.2) is 4.79 Å². The molecular weight excluding hydrogens is 208 g/mol. The van der Waals surface area contributed by atoms with Crippen molar-refractivity contribution in [2.75, 3.05) is 19.6 Å². The molecule has 5 heteroatoms. The third-order valence-corrected chi connectivity index (χ3v) is 2.59. The Hall–Kier alpha value is -0.810. The molecule has 1 saturated heterocycles. The Morgan fingerprint density at radius 3 is 2.69 bits per heavy atom. The Morgan fingerprint density at radius 2 is 2.19 bits per heavy atom. The minimum absolute atomic E-state index is 0.173. The highest BCUT2D eigenvalue weighted by Crippen LogP contribution is 2.21. The van der Waals surface area contributed by atoms with Crippen LogP contribution in [0.3, 0.4) is 0 Å². The van der Waals surface area contributed by atoms with E-state index in [2.05, 4.69) is 0 Å². The van der Waals surface area contributed by atoms with Crippen molar-refractivity contribution in [1.29, 1.82) is 0 Å². The van der Waals surface area contributed by atoms with E-state index < -0.39 is 11.2 Å². The first-order valence-electron chi connectivity index (χ1n) is 5.66. The van der Waals surface area contributed by atoms with Crippen LogP contribution in [0.5, 0.6) is 0 Å². The maximum Gasteiger partial charge on any atom is 0.410 e. The zero-order valence-electron chi connectivity index (χ0n) is 10.3. The summed E-state index contributed by atoms with van der Waals surface area (Å²) in [5.74, 6) is 0. The van der Waals surface area contributed by atoms with Gasteiger partial charge in [0.1, 0.15) is 5.60 Å². The topological polar surface area (TPSA) is 75.8 Å². The van der Waals surface area contributed by atoms with Crippen LogP contribution >= 0.6 is 0 Å². The molecule has 3 N–H and O–H groups in total. The Balaban J connectivity index is 2.57. The molecule has 1 aliphatic rings. The van der Waals surface area contributed by atoms with Gasteiger partial charge in [-0.1, -0.05) is 0 Å². The quantitative estimate of drug-likeness (QED) is 0.695. The molecule has 1 heterocycles. The van der Waals surface area contributed by atoms with E-state index in [4.69, 9.17) is 10.5 Å². The van der Waals surface area contributed by atoms with Crippen molar-refractivity contribution in [1.82, 2.24) is 4.90 Å². The summed E-state index contributed by atoms with van der Waals surface area (Å²) in [6, 6.07) is 0. The third kappa shape index (κ3) is 3.64. The van der Waals surface area contributed by atoms with E-state index in [1.807, 2.05) is 20.8 Å². The van der Waals surface area contributed by atoms with Crippen molar-refractivity contribution < 1.29 is 14.6 Å². The number of amides is 1. The van der Waals surface area contributed by atoms with Crippen LogP contribution in [-0.2, 0) is 4.74 Å². The number of nitrogens with two attached hydrogens (primary N) is 1. The normalized spacial score (nSPS) is 26.7. The molecule has 1 fully saturated rings. The van der Waals surface area contributed by atoms with Crippen molar-refractivity contribution in [3.63, 3.8) is 0 Å². The van der Waals surface area contributed by atoms with Gasteiger partial charge < -0.3 is 20.5 Å². The molecule has 0 aliphatic carbocycles. The van der Waals surface area contributed by atoms with E-state index in [1.165, 1.54) is 4.90 Å². The molecule has 0 radical (unpaired) electrons. The van der Waals surface area contributed by atoms with Gasteiger partial charge in [-0.05, 0) is 33.6 Å². The van der Waals surface area contributed by atoms with Crippen LogP contribution in [0.1, 0.15) is 33.6 Å². The Morgan fingerprint density at radius 1 is 1.56 bits per heavy atom. The molecule has 0 spiro atoms. The Kier molecular flexibility index (Phi) is 3.80. The summed E-state index contributed by atoms with van der Waals surface area (Å²) in [5, 5.41) is 10.0. The SMILES string of the molecule is CC(C)(C)OC(=O)N1CCC[C@@](O)(CN)C1. The first-order valence-corrected chi connectivity index (χ1v) is 5.66. The lowest BCUT2D eigenvalue weighted by Crippen LogP contribution is -2.54. The summed E-state index contributed by atoms with van der Waals surface area (Å²) in [6.45, 7) is 6.53. The predicted octanol–water partition coefficient (Wildman–Crippen LogP) is 0.707. The molecule has 1 amide bonds. The largest absolute Gasteiger partial charge is 0.444 e. The fourth-order valence-corrected chi connectivity index (χ4v) is 1.76. The summed E-state index contributed by atoms with van der Waals surface area (Å²) in [6.07, 6.45) is 1.02. The highest BCUT2D eigenvalue weighted by atomic mass is 16.6. The van der Waals surface area contributed by atoms with Crippen LogP contribution in [0, 0.1) is 0 Å². The zero-order valence-corrected chi connectivity index (χ0v) is 10.3. The van der Waals surface area contributed by atoms with Crippen molar-refractivity contribution in [2.24, 2.45) is 5.73 Å². The molecule has 0 aromatic rings. The van der Waals surface area contributed by atoms with E-state index >= 15 is 0 Å². The number of ether oxygens (including phenoxy) is 1. The van der Waals surface area contributed by atoms with Gasteiger partial charge in [-0.3, -0.25) is 0 Å². The maximum absolute atomic E-state index is 11.8. The van der Waals surface area contributed by atoms with Crippen LogP contribution in [0.25, 0.3) is 0 Å². The fourth-order valence-electron chi connectivity index (χ4n) is 1.76. The summed E-state index contributed by atoms with van der Waals surface area (Å²) in [5.41, 5.74) is 4.04. The summed E-state index contributed by atoms with van der Waals surface area (Å²) in [7, 11) is 0. The highest BCUT2D eigenvalue weighted by Gasteiger charge is 2.35. The number of piperidine rings is 1. The number of carbonyl (C=O) groups is 1. The molecule has 1 aliphatic heterocycles. The first kappa shape index (κ1) is 13.3. The molecule has 0 bridgehead atoms. The molecule has 1 atom stereocenters. The van der Waals surface area contributed by atoms with E-state index in [9.17, 15) is 9.90 Å². The van der Waals surface area contributed by atoms with Crippen molar-refractivity contribution in [2.45, 2.75) is 44.8 Å². The zero-order chi connectivity index (χ0) is 12.4. The van der Waals surface area contributed by atoms with E-state index in [0.717, 1.165) is 6.42 Å². The molecule has 94 valence electrons. The number of rotatable bonds is 1. The minimum Gasteiger partial charge on any atom is -0.444 e. The van der Waals surface area contributed by atoms with E-state index in [-0.39, 0.29) is 19.2 Å². The van der Waals surface area contributed by atoms with Gasteiger partial charge in [-0.2, -0.15) is 0 Å². The highest BCUT2D eigenvalue weighted by molar-refractivity contribution is 5.68. The van der Waals surface area contributed by atoms with Crippen LogP contribution in [-0.4, -0.2) is 46.9 Å². The molecule has 16 heavy (non-hydrogen) atoms. The second-order valence-corrected chi connectivity index (χ2v) is 5.43. The smallest absolute Gasteiger partial charge is 0.410 e. The molecular formula is C11H22N2O3. The first-order chi connectivity index (χ1) is 7.26. The van der Waals surface area contributed by atoms with Gasteiger partial charge in [0.2, 0.25) is 0 Å². The molecule has 1 rings (SSSR count). The predicted molar refractivity (Wildman–Crippen MR) is 61.0 cm³/mol. The summed E-state index contributed by atoms with van der Waals surface area (Å²) < 4.78 is 5.25. The van der Waals surface area contributed by atoms with Crippen molar-refractivity contribution in [3.8, 4) is 0 Å². The average molecular weight is 230 g/mol. The summed E-state index contributed by atoms with van der Waals surface area (Å²) >= 11 is 0. The second-order valence-electron chi connectivity index (χ2n) is 5.43. The van der Waals surface area contributed by atoms with Gasteiger partial charge in [0.25, 0.3) is 0 Å². The van der Waals surface area contributed by atoms with Crippen molar-refractivity contribution in [3.05, 3.63) is 0 Å². The maximum atomic E-state index is 11.8. The number of nitrogens with zero attached hydrogens (tertiary/aromatic N) is 1. The summed E-state index contributed by atoms with van der Waals surface area (Å²) in [4.78, 5) is 13.3. The third-order valence-electron chi connectivity index (χ3n) is 2.59. The Labute approximate surface area is 96.6 Å². The lowest BCUT2D eigenvalue weighted by molar-refractivity contribution is -0.0376. The van der Waals surface area contributed by atoms with E-state index in [1.54, 1.807) is 0 Å². The van der Waals surface area contributed by atoms with Gasteiger partial charge >= 0.3 is 6.09 Å². The molecule has 5 nitrogen and oxygen atoms in total. The van der Waals surface area contributed by atoms with Crippen LogP contribution in [0.15, 0.2) is 0 Å². The van der Waals surface area contributed by atoms with Crippen LogP contribution in [0.2, 0.25) is 0 Å². The number of likely N-dealkylation sites (tertiary alicyclic amines) is 1. The second kappa shape index (κ2) is 4.59. The standard InChI is InChI=1S/C11H22N2O3/c1-10(2,3)16-9(14)13-6-4-5-11(15,7-12)8-13/h15H,4-8,12H2,1-3H3/t11-/m1/s1. The van der Waals surface area contributed by atoms with Crippen LogP contribution < -0.4 is 5.73 Å². The monoisotopic (exact) mass is 230 g/mol. The molecule has 0 unspecified atom stereocenters. The average Bonchev–Trinajstić information content (AvgIpc) is 2.15.